The summed E-state index contributed by atoms with van der Waals surface area (Å²) >= 11 is 5.94. The lowest BCUT2D eigenvalue weighted by Crippen LogP contribution is -2.34. The van der Waals surface area contributed by atoms with E-state index in [1.165, 1.54) is 0 Å². The summed E-state index contributed by atoms with van der Waals surface area (Å²) in [4.78, 5) is 12.2. The second-order valence-corrected chi connectivity index (χ2v) is 4.91. The molecule has 0 heterocycles. The molecule has 2 aromatic carbocycles. The second-order valence-electron chi connectivity index (χ2n) is 4.47. The Morgan fingerprint density at radius 2 is 1.80 bits per heavy atom. The number of anilines is 2. The molecular formula is C16H17ClN2O. The Bertz CT molecular complexity index is 572. The Morgan fingerprint density at radius 1 is 1.10 bits per heavy atom. The summed E-state index contributed by atoms with van der Waals surface area (Å²) in [6, 6.07) is 16.5. The van der Waals surface area contributed by atoms with Gasteiger partial charge >= 0.3 is 0 Å². The summed E-state index contributed by atoms with van der Waals surface area (Å²) in [6.07, 6.45) is 0.686. The fraction of sp³-hybridized carbons (Fsp3) is 0.188. The van der Waals surface area contributed by atoms with E-state index in [2.05, 4.69) is 10.6 Å². The molecule has 2 rings (SSSR count). The van der Waals surface area contributed by atoms with Gasteiger partial charge in [0.15, 0.2) is 0 Å². The minimum atomic E-state index is -0.298. The van der Waals surface area contributed by atoms with Crippen LogP contribution in [0.25, 0.3) is 0 Å². The van der Waals surface area contributed by atoms with Crippen LogP contribution in [0.2, 0.25) is 5.02 Å². The molecule has 0 radical (unpaired) electrons. The second kappa shape index (κ2) is 6.96. The van der Waals surface area contributed by atoms with Crippen LogP contribution < -0.4 is 10.6 Å². The first kappa shape index (κ1) is 14.4. The van der Waals surface area contributed by atoms with Crippen molar-refractivity contribution in [3.8, 4) is 0 Å². The molecule has 0 bridgehead atoms. The quantitative estimate of drug-likeness (QED) is 0.867. The molecule has 0 aliphatic heterocycles. The Balaban J connectivity index is 2.02. The zero-order valence-corrected chi connectivity index (χ0v) is 12.0. The van der Waals surface area contributed by atoms with Gasteiger partial charge in [0.2, 0.25) is 5.91 Å². The highest BCUT2D eigenvalue weighted by Crippen LogP contribution is 2.17. The number of halogens is 1. The van der Waals surface area contributed by atoms with Crippen molar-refractivity contribution in [3.63, 3.8) is 0 Å². The zero-order chi connectivity index (χ0) is 14.4. The standard InChI is InChI=1S/C16H17ClN2O/c1-2-15(18-14-10-6-7-12(17)11-14)16(20)19-13-8-4-3-5-9-13/h3-11,15,18H,2H2,1H3,(H,19,20)/t15-/m1/s1. The number of carbonyl (C=O) groups excluding carboxylic acids is 1. The molecule has 0 spiro atoms. The first-order valence-electron chi connectivity index (χ1n) is 6.57. The average molecular weight is 289 g/mol. The van der Waals surface area contributed by atoms with Crippen LogP contribution in [0.4, 0.5) is 11.4 Å². The maximum absolute atomic E-state index is 12.2. The summed E-state index contributed by atoms with van der Waals surface area (Å²) < 4.78 is 0. The summed E-state index contributed by atoms with van der Waals surface area (Å²) in [5.41, 5.74) is 1.64. The van der Waals surface area contributed by atoms with Crippen molar-refractivity contribution in [2.24, 2.45) is 0 Å². The number of hydrogen-bond acceptors (Lipinski definition) is 2. The third kappa shape index (κ3) is 4.00. The predicted molar refractivity (Wildman–Crippen MR) is 84.2 cm³/mol. The monoisotopic (exact) mass is 288 g/mol. The van der Waals surface area contributed by atoms with E-state index in [4.69, 9.17) is 11.6 Å². The fourth-order valence-electron chi connectivity index (χ4n) is 1.88. The minimum absolute atomic E-state index is 0.0568. The van der Waals surface area contributed by atoms with Gasteiger partial charge in [0, 0.05) is 16.4 Å². The SMILES string of the molecule is CC[C@@H](Nc1cccc(Cl)c1)C(=O)Nc1ccccc1. The van der Waals surface area contributed by atoms with Crippen LogP contribution in [0, 0.1) is 0 Å². The zero-order valence-electron chi connectivity index (χ0n) is 11.3. The summed E-state index contributed by atoms with van der Waals surface area (Å²) in [5.74, 6) is -0.0568. The van der Waals surface area contributed by atoms with Gasteiger partial charge in [-0.15, -0.1) is 0 Å². The molecule has 1 amide bonds. The number of hydrogen-bond donors (Lipinski definition) is 2. The Labute approximate surface area is 124 Å². The molecule has 0 saturated heterocycles. The maximum Gasteiger partial charge on any atom is 0.246 e. The number of amides is 1. The Hall–Kier alpha value is -2.00. The first-order valence-corrected chi connectivity index (χ1v) is 6.95. The van der Waals surface area contributed by atoms with E-state index < -0.39 is 0 Å². The van der Waals surface area contributed by atoms with Crippen molar-refractivity contribution >= 4 is 28.9 Å². The number of benzene rings is 2. The molecule has 104 valence electrons. The Morgan fingerprint density at radius 3 is 2.45 bits per heavy atom. The van der Waals surface area contributed by atoms with E-state index >= 15 is 0 Å². The summed E-state index contributed by atoms with van der Waals surface area (Å²) in [5, 5.41) is 6.73. The third-order valence-electron chi connectivity index (χ3n) is 2.93. The molecule has 20 heavy (non-hydrogen) atoms. The van der Waals surface area contributed by atoms with Crippen molar-refractivity contribution in [1.82, 2.24) is 0 Å². The topological polar surface area (TPSA) is 41.1 Å². The van der Waals surface area contributed by atoms with Gasteiger partial charge in [-0.3, -0.25) is 4.79 Å². The molecule has 0 aliphatic rings. The van der Waals surface area contributed by atoms with Gasteiger partial charge < -0.3 is 10.6 Å². The molecule has 0 aliphatic carbocycles. The van der Waals surface area contributed by atoms with Crippen LogP contribution in [0.3, 0.4) is 0 Å². The van der Waals surface area contributed by atoms with Crippen molar-refractivity contribution < 1.29 is 4.79 Å². The van der Waals surface area contributed by atoms with Crippen molar-refractivity contribution in [1.29, 1.82) is 0 Å². The van der Waals surface area contributed by atoms with Crippen LogP contribution in [-0.4, -0.2) is 11.9 Å². The van der Waals surface area contributed by atoms with Gasteiger partial charge in [-0.2, -0.15) is 0 Å². The minimum Gasteiger partial charge on any atom is -0.374 e. The summed E-state index contributed by atoms with van der Waals surface area (Å²) in [6.45, 7) is 1.97. The largest absolute Gasteiger partial charge is 0.374 e. The number of para-hydroxylation sites is 1. The molecule has 2 N–H and O–H groups in total. The van der Waals surface area contributed by atoms with Gasteiger partial charge in [0.05, 0.1) is 0 Å². The molecule has 0 fully saturated rings. The molecule has 3 nitrogen and oxygen atoms in total. The molecule has 0 unspecified atom stereocenters. The van der Waals surface area contributed by atoms with Crippen LogP contribution in [0.15, 0.2) is 54.6 Å². The van der Waals surface area contributed by atoms with Crippen LogP contribution in [0.1, 0.15) is 13.3 Å². The first-order chi connectivity index (χ1) is 9.69. The lowest BCUT2D eigenvalue weighted by molar-refractivity contribution is -0.116. The maximum atomic E-state index is 12.2. The van der Waals surface area contributed by atoms with Crippen molar-refractivity contribution in [3.05, 3.63) is 59.6 Å². The van der Waals surface area contributed by atoms with Gasteiger partial charge in [-0.1, -0.05) is 42.8 Å². The van der Waals surface area contributed by atoms with Crippen LogP contribution >= 0.6 is 11.6 Å². The van der Waals surface area contributed by atoms with Crippen molar-refractivity contribution in [2.45, 2.75) is 19.4 Å². The van der Waals surface area contributed by atoms with Crippen LogP contribution in [0.5, 0.6) is 0 Å². The van der Waals surface area contributed by atoms with Crippen molar-refractivity contribution in [2.75, 3.05) is 10.6 Å². The van der Waals surface area contributed by atoms with Gasteiger partial charge in [0.1, 0.15) is 6.04 Å². The molecule has 4 heteroatoms. The number of rotatable bonds is 5. The lowest BCUT2D eigenvalue weighted by atomic mass is 10.2. The van der Waals surface area contributed by atoms with E-state index in [0.29, 0.717) is 11.4 Å². The highest BCUT2D eigenvalue weighted by atomic mass is 35.5. The van der Waals surface area contributed by atoms with Gasteiger partial charge in [-0.25, -0.2) is 0 Å². The highest BCUT2D eigenvalue weighted by molar-refractivity contribution is 6.30. The fourth-order valence-corrected chi connectivity index (χ4v) is 2.07. The molecule has 0 saturated carbocycles. The van der Waals surface area contributed by atoms with Crippen LogP contribution in [-0.2, 0) is 4.79 Å². The van der Waals surface area contributed by atoms with E-state index in [9.17, 15) is 4.79 Å². The molecular weight excluding hydrogens is 272 g/mol. The molecule has 2 aromatic rings. The van der Waals surface area contributed by atoms with E-state index in [0.717, 1.165) is 11.4 Å². The smallest absolute Gasteiger partial charge is 0.246 e. The van der Waals surface area contributed by atoms with Gasteiger partial charge in [-0.05, 0) is 36.8 Å². The average Bonchev–Trinajstić information content (AvgIpc) is 2.46. The van der Waals surface area contributed by atoms with E-state index in [1.807, 2.05) is 49.4 Å². The Kier molecular flexibility index (Phi) is 5.02. The normalized spacial score (nSPS) is 11.7. The van der Waals surface area contributed by atoms with Gasteiger partial charge in [0.25, 0.3) is 0 Å². The van der Waals surface area contributed by atoms with E-state index in [-0.39, 0.29) is 11.9 Å². The molecule has 0 aromatic heterocycles. The molecule has 1 atom stereocenters. The van der Waals surface area contributed by atoms with E-state index in [1.54, 1.807) is 12.1 Å². The predicted octanol–water partition coefficient (Wildman–Crippen LogP) is 4.17. The number of nitrogens with one attached hydrogen (secondary N) is 2. The highest BCUT2D eigenvalue weighted by Gasteiger charge is 2.16. The number of carbonyl (C=O) groups is 1. The summed E-state index contributed by atoms with van der Waals surface area (Å²) in [7, 11) is 0. The third-order valence-corrected chi connectivity index (χ3v) is 3.17. The lowest BCUT2D eigenvalue weighted by Gasteiger charge is -2.18.